The number of benzene rings is 1. The van der Waals surface area contributed by atoms with E-state index in [0.29, 0.717) is 28.9 Å². The Balaban J connectivity index is 1.28. The second kappa shape index (κ2) is 6.08. The maximum absolute atomic E-state index is 12.3. The van der Waals surface area contributed by atoms with Gasteiger partial charge in [-0.2, -0.15) is 0 Å². The lowest BCUT2D eigenvalue weighted by molar-refractivity contribution is -0.255. The Hall–Kier alpha value is -2.51. The van der Waals surface area contributed by atoms with Gasteiger partial charge in [0.05, 0.1) is 30.2 Å². The van der Waals surface area contributed by atoms with E-state index >= 15 is 0 Å². The number of fused-ring (bicyclic) bond motifs is 1. The van der Waals surface area contributed by atoms with Crippen molar-refractivity contribution in [3.63, 3.8) is 0 Å². The van der Waals surface area contributed by atoms with Crippen molar-refractivity contribution in [3.05, 3.63) is 53.2 Å². The van der Waals surface area contributed by atoms with E-state index in [1.165, 1.54) is 0 Å². The van der Waals surface area contributed by atoms with Crippen molar-refractivity contribution in [3.8, 4) is 0 Å². The lowest BCUT2D eigenvalue weighted by atomic mass is 9.71. The Bertz CT molecular complexity index is 1080. The molecule has 1 aromatic carbocycles. The summed E-state index contributed by atoms with van der Waals surface area (Å²) in [7, 11) is 1.57. The lowest BCUT2D eigenvalue weighted by Crippen LogP contribution is -2.63. The predicted octanol–water partition coefficient (Wildman–Crippen LogP) is 3.01. The van der Waals surface area contributed by atoms with Crippen molar-refractivity contribution in [2.75, 3.05) is 25.5 Å². The van der Waals surface area contributed by atoms with Crippen molar-refractivity contribution in [2.45, 2.75) is 50.2 Å². The van der Waals surface area contributed by atoms with Gasteiger partial charge in [0.1, 0.15) is 5.76 Å². The van der Waals surface area contributed by atoms with Crippen LogP contribution in [-0.2, 0) is 23.7 Å². The molecule has 7 rings (SSSR count). The number of cyclic esters (lactones) is 1. The van der Waals surface area contributed by atoms with Gasteiger partial charge in [-0.05, 0) is 38.4 Å². The first-order valence-corrected chi connectivity index (χ1v) is 11.7. The smallest absolute Gasteiger partial charge is 0.343 e. The van der Waals surface area contributed by atoms with E-state index in [9.17, 15) is 4.79 Å². The van der Waals surface area contributed by atoms with Gasteiger partial charge in [-0.1, -0.05) is 25.1 Å². The van der Waals surface area contributed by atoms with Gasteiger partial charge in [0.2, 0.25) is 11.5 Å². The molecule has 7 nitrogen and oxygen atoms in total. The molecular weight excluding hydrogens is 408 g/mol. The van der Waals surface area contributed by atoms with Crippen molar-refractivity contribution in [1.82, 2.24) is 4.90 Å². The minimum Gasteiger partial charge on any atom is -0.492 e. The fourth-order valence-electron chi connectivity index (χ4n) is 7.84. The summed E-state index contributed by atoms with van der Waals surface area (Å²) < 4.78 is 24.8. The Morgan fingerprint density at radius 3 is 2.88 bits per heavy atom. The molecule has 1 N–H and O–H groups in total. The van der Waals surface area contributed by atoms with E-state index < -0.39 is 5.79 Å². The predicted molar refractivity (Wildman–Crippen MR) is 115 cm³/mol. The van der Waals surface area contributed by atoms with E-state index in [4.69, 9.17) is 18.9 Å². The number of nitrogens with one attached hydrogen (secondary N) is 1. The van der Waals surface area contributed by atoms with Crippen LogP contribution in [0.1, 0.15) is 26.7 Å². The number of hydrogen-bond acceptors (Lipinski definition) is 7. The zero-order valence-electron chi connectivity index (χ0n) is 18.6. The topological polar surface area (TPSA) is 69.3 Å². The molecule has 0 radical (unpaired) electrons. The number of anilines is 1. The molecule has 168 valence electrons. The van der Waals surface area contributed by atoms with Crippen LogP contribution in [-0.4, -0.2) is 54.5 Å². The third-order valence-corrected chi connectivity index (χ3v) is 8.95. The van der Waals surface area contributed by atoms with Crippen LogP contribution >= 0.6 is 0 Å². The molecule has 6 heterocycles. The molecule has 5 saturated heterocycles. The number of esters is 1. The SMILES string of the molecule is COC1=C(C)C(=O)O/C1=C1\O[C@@]23O[C@H]4C[C@@H]([C@H]2[C@@H]1C)N1CC[C@H]3[C@@]41CNc1ccccc1. The number of ether oxygens (including phenoxy) is 4. The Morgan fingerprint density at radius 1 is 1.28 bits per heavy atom. The maximum Gasteiger partial charge on any atom is 0.343 e. The van der Waals surface area contributed by atoms with Gasteiger partial charge in [0.15, 0.2) is 5.76 Å². The molecule has 1 unspecified atom stereocenters. The zero-order chi connectivity index (χ0) is 21.8. The number of piperidine rings is 1. The number of hydrogen-bond donors (Lipinski definition) is 1. The normalized spacial score (nSPS) is 47.2. The molecule has 6 aliphatic rings. The number of carbonyl (C=O) groups is 1. The molecule has 0 saturated carbocycles. The van der Waals surface area contributed by atoms with Gasteiger partial charge in [-0.15, -0.1) is 0 Å². The summed E-state index contributed by atoms with van der Waals surface area (Å²) in [5, 5.41) is 3.69. The largest absolute Gasteiger partial charge is 0.492 e. The molecule has 0 aliphatic carbocycles. The van der Waals surface area contributed by atoms with E-state index in [0.717, 1.165) is 31.6 Å². The first-order chi connectivity index (χ1) is 15.5. The first-order valence-electron chi connectivity index (χ1n) is 11.7. The van der Waals surface area contributed by atoms with Crippen LogP contribution < -0.4 is 5.32 Å². The molecule has 1 aromatic rings. The number of methoxy groups -OCH3 is 1. The highest BCUT2D eigenvalue weighted by Crippen LogP contribution is 2.72. The number of carbonyl (C=O) groups excluding carboxylic acids is 1. The molecule has 7 heteroatoms. The van der Waals surface area contributed by atoms with E-state index in [2.05, 4.69) is 41.4 Å². The van der Waals surface area contributed by atoms with Crippen molar-refractivity contribution in [1.29, 1.82) is 0 Å². The number of rotatable bonds is 4. The summed E-state index contributed by atoms with van der Waals surface area (Å²) in [6.07, 6.45) is 2.23. The zero-order valence-corrected chi connectivity index (χ0v) is 18.6. The Labute approximate surface area is 187 Å². The highest BCUT2D eigenvalue weighted by Gasteiger charge is 2.84. The molecule has 0 aromatic heterocycles. The van der Waals surface area contributed by atoms with E-state index in [-0.39, 0.29) is 35.4 Å². The fraction of sp³-hybridized carbons (Fsp3) is 0.560. The van der Waals surface area contributed by atoms with Crippen LogP contribution in [0.25, 0.3) is 0 Å². The van der Waals surface area contributed by atoms with Crippen LogP contribution in [0.4, 0.5) is 5.69 Å². The Kier molecular flexibility index (Phi) is 3.61. The third-order valence-electron chi connectivity index (χ3n) is 8.95. The highest BCUT2D eigenvalue weighted by atomic mass is 16.7. The van der Waals surface area contributed by atoms with Crippen LogP contribution in [0, 0.1) is 17.8 Å². The van der Waals surface area contributed by atoms with Crippen LogP contribution in [0.15, 0.2) is 53.2 Å². The van der Waals surface area contributed by atoms with Crippen LogP contribution in [0.5, 0.6) is 0 Å². The molecule has 5 bridgehead atoms. The van der Waals surface area contributed by atoms with Gasteiger partial charge >= 0.3 is 5.97 Å². The van der Waals surface area contributed by atoms with Gasteiger partial charge in [0, 0.05) is 30.1 Å². The van der Waals surface area contributed by atoms with Gasteiger partial charge in [-0.25, -0.2) is 4.79 Å². The van der Waals surface area contributed by atoms with Crippen molar-refractivity contribution >= 4 is 11.7 Å². The van der Waals surface area contributed by atoms with Crippen molar-refractivity contribution < 1.29 is 23.7 Å². The molecule has 1 spiro atoms. The summed E-state index contributed by atoms with van der Waals surface area (Å²) >= 11 is 0. The molecular formula is C25H28N2O5. The van der Waals surface area contributed by atoms with Gasteiger partial charge in [-0.3, -0.25) is 4.90 Å². The second-order valence-corrected chi connectivity index (χ2v) is 10.0. The standard InChI is InChI=1S/C25H28N2O5/c1-13-19-16-11-18-24(12-26-15-7-5-4-6-8-15)17(9-10-27(16)24)25(19,31-18)32-21(13)22-20(29-3)14(2)23(28)30-22/h4-8,13,16-19,26H,9-12H2,1-3H3/b22-21-/t13-,16-,17-,18-,19+,24-,25+/m0/s1. The number of allylic oxidation sites excluding steroid dienone is 1. The summed E-state index contributed by atoms with van der Waals surface area (Å²) in [6, 6.07) is 10.8. The average Bonchev–Trinajstić information content (AvgIpc) is 3.51. The van der Waals surface area contributed by atoms with Gasteiger partial charge < -0.3 is 24.3 Å². The highest BCUT2D eigenvalue weighted by molar-refractivity contribution is 5.93. The van der Waals surface area contributed by atoms with Gasteiger partial charge in [0.25, 0.3) is 0 Å². The van der Waals surface area contributed by atoms with Crippen molar-refractivity contribution in [2.24, 2.45) is 17.8 Å². The lowest BCUT2D eigenvalue weighted by Gasteiger charge is -2.48. The van der Waals surface area contributed by atoms with E-state index in [1.807, 2.05) is 6.07 Å². The summed E-state index contributed by atoms with van der Waals surface area (Å²) in [5.41, 5.74) is 1.56. The summed E-state index contributed by atoms with van der Waals surface area (Å²) in [6.45, 7) is 5.85. The quantitative estimate of drug-likeness (QED) is 0.728. The average molecular weight is 437 g/mol. The minimum absolute atomic E-state index is 0.0565. The minimum atomic E-state index is -0.650. The number of nitrogens with zero attached hydrogens (tertiary/aromatic N) is 1. The first kappa shape index (κ1) is 19.0. The summed E-state index contributed by atoms with van der Waals surface area (Å²) in [4.78, 5) is 15.0. The van der Waals surface area contributed by atoms with Crippen LogP contribution in [0.3, 0.4) is 0 Å². The molecule has 5 fully saturated rings. The monoisotopic (exact) mass is 436 g/mol. The van der Waals surface area contributed by atoms with E-state index in [1.54, 1.807) is 14.0 Å². The molecule has 6 aliphatic heterocycles. The fourth-order valence-corrected chi connectivity index (χ4v) is 7.84. The second-order valence-electron chi connectivity index (χ2n) is 10.0. The molecule has 32 heavy (non-hydrogen) atoms. The molecule has 8 atom stereocenters. The molecule has 0 amide bonds. The maximum atomic E-state index is 12.3. The van der Waals surface area contributed by atoms with Crippen LogP contribution in [0.2, 0.25) is 0 Å². The summed E-state index contributed by atoms with van der Waals surface area (Å²) in [5.74, 6) is 1.20. The third kappa shape index (κ3) is 1.99. The number of para-hydroxylation sites is 1. The Morgan fingerprint density at radius 2 is 2.09 bits per heavy atom.